The van der Waals surface area contributed by atoms with Crippen LogP contribution in [0.15, 0.2) is 12.2 Å². The maximum Gasteiger partial charge on any atom is 0.327 e. The van der Waals surface area contributed by atoms with Gasteiger partial charge in [0.15, 0.2) is 0 Å². The van der Waals surface area contributed by atoms with Gasteiger partial charge in [0.2, 0.25) is 11.8 Å². The van der Waals surface area contributed by atoms with Gasteiger partial charge < -0.3 is 5.11 Å². The molecule has 0 radical (unpaired) electrons. The molecule has 1 unspecified atom stereocenters. The highest BCUT2D eigenvalue weighted by molar-refractivity contribution is 6.08. The second kappa shape index (κ2) is 5.62. The lowest BCUT2D eigenvalue weighted by Gasteiger charge is -2.32. The molecule has 2 amide bonds. The summed E-state index contributed by atoms with van der Waals surface area (Å²) in [5, 5.41) is 9.59. The van der Waals surface area contributed by atoms with Crippen LogP contribution in [0.2, 0.25) is 0 Å². The monoisotopic (exact) mass is 291 g/mol. The number of allylic oxidation sites excluding steroid dienone is 2. The fraction of sp³-hybridized carbons (Fsp3) is 0.688. The molecular weight excluding hydrogens is 270 g/mol. The van der Waals surface area contributed by atoms with Gasteiger partial charge in [0.1, 0.15) is 6.04 Å². The Kier molecular flexibility index (Phi) is 3.83. The molecule has 21 heavy (non-hydrogen) atoms. The first-order valence-corrected chi connectivity index (χ1v) is 7.86. The minimum absolute atomic E-state index is 0.0859. The van der Waals surface area contributed by atoms with E-state index in [9.17, 15) is 19.5 Å². The Bertz CT molecular complexity index is 467. The van der Waals surface area contributed by atoms with Gasteiger partial charge in [-0.15, -0.1) is 0 Å². The molecule has 114 valence electrons. The summed E-state index contributed by atoms with van der Waals surface area (Å²) in [5.41, 5.74) is 0. The molecule has 0 bridgehead atoms. The fourth-order valence-corrected chi connectivity index (χ4v) is 4.07. The quantitative estimate of drug-likeness (QED) is 0.637. The highest BCUT2D eigenvalue weighted by Crippen LogP contribution is 2.39. The highest BCUT2D eigenvalue weighted by Gasteiger charge is 2.52. The molecular formula is C16H21NO4. The van der Waals surface area contributed by atoms with Crippen LogP contribution in [0.4, 0.5) is 0 Å². The van der Waals surface area contributed by atoms with Crippen molar-refractivity contribution < 1.29 is 19.5 Å². The highest BCUT2D eigenvalue weighted by atomic mass is 16.4. The average molecular weight is 291 g/mol. The van der Waals surface area contributed by atoms with E-state index in [2.05, 4.69) is 0 Å². The number of carboxylic acids is 1. The van der Waals surface area contributed by atoms with Gasteiger partial charge in [-0.1, -0.05) is 31.4 Å². The molecule has 5 heteroatoms. The summed E-state index contributed by atoms with van der Waals surface area (Å²) in [7, 11) is 0. The zero-order valence-electron chi connectivity index (χ0n) is 12.0. The topological polar surface area (TPSA) is 74.7 Å². The fourth-order valence-electron chi connectivity index (χ4n) is 4.07. The molecule has 3 aliphatic rings. The van der Waals surface area contributed by atoms with Crippen molar-refractivity contribution in [1.29, 1.82) is 0 Å². The van der Waals surface area contributed by atoms with E-state index in [1.165, 1.54) is 0 Å². The molecule has 1 N–H and O–H groups in total. The third-order valence-corrected chi connectivity index (χ3v) is 5.17. The van der Waals surface area contributed by atoms with Gasteiger partial charge in [-0.3, -0.25) is 14.5 Å². The number of imide groups is 1. The van der Waals surface area contributed by atoms with Crippen molar-refractivity contribution in [2.24, 2.45) is 17.8 Å². The van der Waals surface area contributed by atoms with Crippen molar-refractivity contribution in [1.82, 2.24) is 4.90 Å². The van der Waals surface area contributed by atoms with Gasteiger partial charge >= 0.3 is 5.97 Å². The Balaban J connectivity index is 1.87. The number of nitrogens with zero attached hydrogens (tertiary/aromatic N) is 1. The van der Waals surface area contributed by atoms with Crippen LogP contribution >= 0.6 is 0 Å². The first-order chi connectivity index (χ1) is 10.1. The van der Waals surface area contributed by atoms with Crippen LogP contribution in [0.25, 0.3) is 0 Å². The molecule has 3 atom stereocenters. The van der Waals surface area contributed by atoms with Crippen LogP contribution in [0.5, 0.6) is 0 Å². The average Bonchev–Trinajstić information content (AvgIpc) is 2.74. The Morgan fingerprint density at radius 3 is 2.05 bits per heavy atom. The first-order valence-electron chi connectivity index (χ1n) is 7.86. The van der Waals surface area contributed by atoms with Crippen molar-refractivity contribution >= 4 is 17.8 Å². The van der Waals surface area contributed by atoms with E-state index >= 15 is 0 Å². The minimum atomic E-state index is -1.03. The van der Waals surface area contributed by atoms with Gasteiger partial charge in [-0.05, 0) is 31.6 Å². The predicted octanol–water partition coefficient (Wildman–Crippen LogP) is 1.97. The smallest absolute Gasteiger partial charge is 0.327 e. The summed E-state index contributed by atoms with van der Waals surface area (Å²) < 4.78 is 0. The number of hydrogen-bond donors (Lipinski definition) is 1. The summed E-state index contributed by atoms with van der Waals surface area (Å²) in [6.45, 7) is 0. The Morgan fingerprint density at radius 1 is 1.05 bits per heavy atom. The lowest BCUT2D eigenvalue weighted by atomic mass is 9.83. The van der Waals surface area contributed by atoms with Gasteiger partial charge in [0.05, 0.1) is 11.8 Å². The Morgan fingerprint density at radius 2 is 1.57 bits per heavy atom. The number of amides is 2. The maximum absolute atomic E-state index is 12.5. The lowest BCUT2D eigenvalue weighted by molar-refractivity contribution is -0.158. The number of rotatable bonds is 3. The molecule has 1 saturated carbocycles. The molecule has 1 aliphatic heterocycles. The molecule has 2 fully saturated rings. The Labute approximate surface area is 124 Å². The lowest BCUT2D eigenvalue weighted by Crippen LogP contribution is -2.50. The molecule has 0 aromatic heterocycles. The molecule has 2 aliphatic carbocycles. The summed E-state index contributed by atoms with van der Waals surface area (Å²) >= 11 is 0. The van der Waals surface area contributed by atoms with E-state index in [-0.39, 0.29) is 29.6 Å². The summed E-state index contributed by atoms with van der Waals surface area (Å²) in [4.78, 5) is 37.9. The summed E-state index contributed by atoms with van der Waals surface area (Å²) in [6.07, 6.45) is 9.63. The van der Waals surface area contributed by atoms with E-state index in [0.29, 0.717) is 12.8 Å². The third-order valence-electron chi connectivity index (χ3n) is 5.17. The summed E-state index contributed by atoms with van der Waals surface area (Å²) in [6, 6.07) is -0.962. The van der Waals surface area contributed by atoms with Gasteiger partial charge in [0, 0.05) is 0 Å². The van der Waals surface area contributed by atoms with Crippen molar-refractivity contribution in [3.63, 3.8) is 0 Å². The van der Waals surface area contributed by atoms with E-state index < -0.39 is 12.0 Å². The number of hydrogen-bond acceptors (Lipinski definition) is 3. The molecule has 0 spiro atoms. The molecule has 0 aromatic carbocycles. The number of fused-ring (bicyclic) bond motifs is 1. The van der Waals surface area contributed by atoms with Crippen LogP contribution in [0.1, 0.15) is 44.9 Å². The van der Waals surface area contributed by atoms with Crippen LogP contribution in [0, 0.1) is 17.8 Å². The zero-order chi connectivity index (χ0) is 15.0. The SMILES string of the molecule is O=C(O)C(C1CCCCC1)N1C(=O)[C@H]2CC=CC[C@H]2C1=O. The van der Waals surface area contributed by atoms with E-state index in [4.69, 9.17) is 0 Å². The number of aliphatic carboxylic acids is 1. The predicted molar refractivity (Wildman–Crippen MR) is 75.2 cm³/mol. The van der Waals surface area contributed by atoms with Gasteiger partial charge in [0.25, 0.3) is 0 Å². The largest absolute Gasteiger partial charge is 0.480 e. The van der Waals surface area contributed by atoms with Crippen LogP contribution in [0.3, 0.4) is 0 Å². The number of carbonyl (C=O) groups excluding carboxylic acids is 2. The first kappa shape index (κ1) is 14.3. The second-order valence-corrected chi connectivity index (χ2v) is 6.38. The van der Waals surface area contributed by atoms with Crippen molar-refractivity contribution in [3.8, 4) is 0 Å². The molecule has 3 rings (SSSR count). The van der Waals surface area contributed by atoms with E-state index in [0.717, 1.165) is 37.0 Å². The normalized spacial score (nSPS) is 31.3. The van der Waals surface area contributed by atoms with Crippen molar-refractivity contribution in [2.45, 2.75) is 51.0 Å². The van der Waals surface area contributed by atoms with Crippen LogP contribution < -0.4 is 0 Å². The number of carbonyl (C=O) groups is 3. The van der Waals surface area contributed by atoms with Gasteiger partial charge in [-0.25, -0.2) is 4.79 Å². The zero-order valence-corrected chi connectivity index (χ0v) is 12.0. The van der Waals surface area contributed by atoms with Crippen molar-refractivity contribution in [2.75, 3.05) is 0 Å². The molecule has 0 aromatic rings. The van der Waals surface area contributed by atoms with Crippen LogP contribution in [-0.2, 0) is 14.4 Å². The maximum atomic E-state index is 12.5. The summed E-state index contributed by atoms with van der Waals surface area (Å²) in [5.74, 6) is -2.34. The molecule has 1 heterocycles. The second-order valence-electron chi connectivity index (χ2n) is 6.38. The molecule has 1 saturated heterocycles. The number of carboxylic acid groups (broad SMARTS) is 1. The Hall–Kier alpha value is -1.65. The minimum Gasteiger partial charge on any atom is -0.480 e. The van der Waals surface area contributed by atoms with Crippen molar-refractivity contribution in [3.05, 3.63) is 12.2 Å². The van der Waals surface area contributed by atoms with Gasteiger partial charge in [-0.2, -0.15) is 0 Å². The molecule has 5 nitrogen and oxygen atoms in total. The van der Waals surface area contributed by atoms with E-state index in [1.54, 1.807) is 0 Å². The van der Waals surface area contributed by atoms with Crippen LogP contribution in [-0.4, -0.2) is 33.8 Å². The van der Waals surface area contributed by atoms with E-state index in [1.807, 2.05) is 12.2 Å². The standard InChI is InChI=1S/C16H21NO4/c18-14-11-8-4-5-9-12(11)15(19)17(14)13(16(20)21)10-6-2-1-3-7-10/h4-5,10-13H,1-3,6-9H2,(H,20,21)/t11-,12+,13?. The number of likely N-dealkylation sites (tertiary alicyclic amines) is 1. The third kappa shape index (κ3) is 2.39.